The Morgan fingerprint density at radius 1 is 0.846 bits per heavy atom. The summed E-state index contributed by atoms with van der Waals surface area (Å²) in [5, 5.41) is 5.91. The molecule has 0 saturated heterocycles. The number of halogens is 1. The predicted molar refractivity (Wildman–Crippen MR) is 157 cm³/mol. The Balaban J connectivity index is 1.43. The Kier molecular flexibility index (Phi) is 8.36. The molecule has 5 aromatic rings. The minimum Gasteiger partial charge on any atom is -0.488 e. The van der Waals surface area contributed by atoms with Crippen LogP contribution in [-0.2, 0) is 6.61 Å². The van der Waals surface area contributed by atoms with Gasteiger partial charge in [0.15, 0.2) is 0 Å². The van der Waals surface area contributed by atoms with Crippen molar-refractivity contribution in [3.63, 3.8) is 0 Å². The Morgan fingerprint density at radius 2 is 1.67 bits per heavy atom. The highest BCUT2D eigenvalue weighted by molar-refractivity contribution is 6.31. The number of aryl methyl sites for hydroxylation is 1. The lowest BCUT2D eigenvalue weighted by Crippen LogP contribution is -1.99. The van der Waals surface area contributed by atoms with Gasteiger partial charge in [-0.3, -0.25) is 4.98 Å². The lowest BCUT2D eigenvalue weighted by atomic mass is 10.1. The SMILES string of the molecule is Cc1cccc2ncnc(O/N=C(\C=C\c3ccccn3)/C=C/c3ccccc3OCc3ccccc3Cl)c12. The molecule has 0 radical (unpaired) electrons. The molecule has 39 heavy (non-hydrogen) atoms. The molecule has 0 fully saturated rings. The molecule has 5 rings (SSSR count). The molecule has 0 saturated carbocycles. The summed E-state index contributed by atoms with van der Waals surface area (Å²) in [5.41, 5.74) is 4.95. The average molecular weight is 533 g/mol. The lowest BCUT2D eigenvalue weighted by Gasteiger charge is -2.10. The molecule has 2 heterocycles. The maximum Gasteiger partial charge on any atom is 0.259 e. The zero-order valence-corrected chi connectivity index (χ0v) is 22.0. The van der Waals surface area contributed by atoms with Gasteiger partial charge in [-0.05, 0) is 67.1 Å². The Hall–Kier alpha value is -4.81. The highest BCUT2D eigenvalue weighted by atomic mass is 35.5. The van der Waals surface area contributed by atoms with Crippen molar-refractivity contribution >= 4 is 40.4 Å². The van der Waals surface area contributed by atoms with E-state index < -0.39 is 0 Å². The van der Waals surface area contributed by atoms with Crippen LogP contribution in [0.4, 0.5) is 0 Å². The number of allylic oxidation sites excluding steroid dienone is 2. The Bertz CT molecular complexity index is 1660. The number of hydrogen-bond donors (Lipinski definition) is 0. The van der Waals surface area contributed by atoms with E-state index in [2.05, 4.69) is 20.1 Å². The van der Waals surface area contributed by atoms with Crippen LogP contribution in [0.15, 0.2) is 115 Å². The highest BCUT2D eigenvalue weighted by Gasteiger charge is 2.08. The monoisotopic (exact) mass is 532 g/mol. The molecular formula is C32H25ClN4O2. The molecule has 0 amide bonds. The van der Waals surface area contributed by atoms with E-state index in [4.69, 9.17) is 21.2 Å². The zero-order valence-electron chi connectivity index (χ0n) is 21.2. The standard InChI is InChI=1S/C32H25ClN4O2/c1-23-9-8-14-29-31(23)32(36-22-35-29)39-37-27(19-18-26-12-6-7-20-34-26)17-16-24-10-3-5-15-30(24)38-21-25-11-2-4-13-28(25)33/h2-20,22H,21H2,1H3/b17-16+,19-18+,37-27-. The fraction of sp³-hybridized carbons (Fsp3) is 0.0625. The van der Waals surface area contributed by atoms with Gasteiger partial charge in [0.05, 0.1) is 16.6 Å². The number of rotatable bonds is 9. The molecule has 0 spiro atoms. The summed E-state index contributed by atoms with van der Waals surface area (Å²) in [6.45, 7) is 2.35. The van der Waals surface area contributed by atoms with E-state index in [1.807, 2.05) is 116 Å². The highest BCUT2D eigenvalue weighted by Crippen LogP contribution is 2.26. The molecule has 0 bridgehead atoms. The summed E-state index contributed by atoms with van der Waals surface area (Å²) in [7, 11) is 0. The van der Waals surface area contributed by atoms with Crippen molar-refractivity contribution in [2.75, 3.05) is 0 Å². The molecule has 6 nitrogen and oxygen atoms in total. The molecule has 0 atom stereocenters. The van der Waals surface area contributed by atoms with Crippen LogP contribution in [0, 0.1) is 6.92 Å². The fourth-order valence-electron chi connectivity index (χ4n) is 3.87. The molecular weight excluding hydrogens is 508 g/mol. The quantitative estimate of drug-likeness (QED) is 0.143. The molecule has 0 aliphatic carbocycles. The summed E-state index contributed by atoms with van der Waals surface area (Å²) >= 11 is 6.30. The van der Waals surface area contributed by atoms with Gasteiger partial charge in [0.25, 0.3) is 5.88 Å². The van der Waals surface area contributed by atoms with Crippen molar-refractivity contribution in [1.82, 2.24) is 15.0 Å². The summed E-state index contributed by atoms with van der Waals surface area (Å²) in [4.78, 5) is 18.9. The van der Waals surface area contributed by atoms with Gasteiger partial charge in [-0.1, -0.05) is 71.4 Å². The van der Waals surface area contributed by atoms with Crippen LogP contribution in [0.3, 0.4) is 0 Å². The van der Waals surface area contributed by atoms with E-state index in [9.17, 15) is 0 Å². The van der Waals surface area contributed by atoms with Gasteiger partial charge in [-0.2, -0.15) is 4.98 Å². The Labute approximate surface area is 231 Å². The number of ether oxygens (including phenoxy) is 1. The second-order valence-corrected chi connectivity index (χ2v) is 9.00. The zero-order chi connectivity index (χ0) is 26.9. The van der Waals surface area contributed by atoms with Crippen molar-refractivity contribution in [3.8, 4) is 11.6 Å². The van der Waals surface area contributed by atoms with Gasteiger partial charge in [0.1, 0.15) is 24.4 Å². The first-order chi connectivity index (χ1) is 19.2. The molecule has 0 aliphatic heterocycles. The smallest absolute Gasteiger partial charge is 0.259 e. The van der Waals surface area contributed by atoms with Crippen molar-refractivity contribution < 1.29 is 9.57 Å². The van der Waals surface area contributed by atoms with E-state index in [-0.39, 0.29) is 0 Å². The first kappa shape index (κ1) is 25.8. The largest absolute Gasteiger partial charge is 0.488 e. The van der Waals surface area contributed by atoms with Crippen LogP contribution in [0.2, 0.25) is 5.02 Å². The number of pyridine rings is 1. The second kappa shape index (κ2) is 12.6. The summed E-state index contributed by atoms with van der Waals surface area (Å²) in [6.07, 6.45) is 10.7. The molecule has 2 aromatic heterocycles. The van der Waals surface area contributed by atoms with Gasteiger partial charge in [0.2, 0.25) is 0 Å². The minimum absolute atomic E-state index is 0.355. The maximum absolute atomic E-state index is 6.30. The third kappa shape index (κ3) is 6.74. The van der Waals surface area contributed by atoms with E-state index in [0.29, 0.717) is 23.2 Å². The normalized spacial score (nSPS) is 11.9. The van der Waals surface area contributed by atoms with Crippen LogP contribution >= 0.6 is 11.6 Å². The second-order valence-electron chi connectivity index (χ2n) is 8.59. The van der Waals surface area contributed by atoms with E-state index in [1.54, 1.807) is 6.20 Å². The van der Waals surface area contributed by atoms with E-state index >= 15 is 0 Å². The third-order valence-electron chi connectivity index (χ3n) is 5.88. The number of oxime groups is 1. The minimum atomic E-state index is 0.355. The van der Waals surface area contributed by atoms with Crippen molar-refractivity contribution in [1.29, 1.82) is 0 Å². The molecule has 0 aliphatic rings. The third-order valence-corrected chi connectivity index (χ3v) is 6.25. The first-order valence-electron chi connectivity index (χ1n) is 12.3. The van der Waals surface area contributed by atoms with Gasteiger partial charge in [-0.15, -0.1) is 0 Å². The predicted octanol–water partition coefficient (Wildman–Crippen LogP) is 7.73. The number of fused-ring (bicyclic) bond motifs is 1. The van der Waals surface area contributed by atoms with Gasteiger partial charge in [0, 0.05) is 22.3 Å². The number of benzene rings is 3. The lowest BCUT2D eigenvalue weighted by molar-refractivity contribution is 0.305. The molecule has 0 N–H and O–H groups in total. The molecule has 7 heteroatoms. The summed E-state index contributed by atoms with van der Waals surface area (Å²) < 4.78 is 6.10. The van der Waals surface area contributed by atoms with Crippen molar-refractivity contribution in [2.24, 2.45) is 5.16 Å². The van der Waals surface area contributed by atoms with Crippen LogP contribution in [-0.4, -0.2) is 20.7 Å². The van der Waals surface area contributed by atoms with E-state index in [1.165, 1.54) is 6.33 Å². The van der Waals surface area contributed by atoms with Crippen molar-refractivity contribution in [2.45, 2.75) is 13.5 Å². The summed E-state index contributed by atoms with van der Waals surface area (Å²) in [6, 6.07) is 27.0. The molecule has 192 valence electrons. The number of nitrogens with zero attached hydrogens (tertiary/aromatic N) is 4. The van der Waals surface area contributed by atoms with Crippen molar-refractivity contribution in [3.05, 3.63) is 137 Å². The summed E-state index contributed by atoms with van der Waals surface area (Å²) in [5.74, 6) is 1.11. The molecule has 3 aromatic carbocycles. The number of hydrogen-bond acceptors (Lipinski definition) is 6. The number of aromatic nitrogens is 3. The first-order valence-corrected chi connectivity index (χ1v) is 12.7. The Morgan fingerprint density at radius 3 is 2.54 bits per heavy atom. The molecule has 0 unspecified atom stereocenters. The fourth-order valence-corrected chi connectivity index (χ4v) is 4.06. The van der Waals surface area contributed by atoms with Crippen LogP contribution in [0.25, 0.3) is 23.1 Å². The number of para-hydroxylation sites is 1. The average Bonchev–Trinajstić information content (AvgIpc) is 2.97. The van der Waals surface area contributed by atoms with Gasteiger partial charge >= 0.3 is 0 Å². The van der Waals surface area contributed by atoms with Gasteiger partial charge < -0.3 is 9.57 Å². The van der Waals surface area contributed by atoms with E-state index in [0.717, 1.165) is 39.0 Å². The van der Waals surface area contributed by atoms with Gasteiger partial charge in [-0.25, -0.2) is 4.98 Å². The van der Waals surface area contributed by atoms with Crippen LogP contribution in [0.1, 0.15) is 22.4 Å². The van der Waals surface area contributed by atoms with Crippen LogP contribution < -0.4 is 9.57 Å². The maximum atomic E-state index is 6.30. The topological polar surface area (TPSA) is 69.5 Å². The van der Waals surface area contributed by atoms with Crippen LogP contribution in [0.5, 0.6) is 11.6 Å².